The third kappa shape index (κ3) is 3.23. The van der Waals surface area contributed by atoms with Crippen LogP contribution in [0.4, 0.5) is 11.6 Å². The summed E-state index contributed by atoms with van der Waals surface area (Å²) in [6.07, 6.45) is 3.24. The van der Waals surface area contributed by atoms with E-state index < -0.39 is 0 Å². The molecule has 106 valence electrons. The van der Waals surface area contributed by atoms with E-state index >= 15 is 0 Å². The molecule has 3 rings (SSSR count). The van der Waals surface area contributed by atoms with Crippen LogP contribution in [0, 0.1) is 6.92 Å². The molecule has 2 heterocycles. The second kappa shape index (κ2) is 5.72. The summed E-state index contributed by atoms with van der Waals surface area (Å²) in [6, 6.07) is 1.83. The summed E-state index contributed by atoms with van der Waals surface area (Å²) in [5.41, 5.74) is 3.68. The lowest BCUT2D eigenvalue weighted by molar-refractivity contribution is 0.911. The van der Waals surface area contributed by atoms with Gasteiger partial charge in [-0.3, -0.25) is 0 Å². The summed E-state index contributed by atoms with van der Waals surface area (Å²) in [5.74, 6) is 8.33. The van der Waals surface area contributed by atoms with Crippen molar-refractivity contribution in [2.24, 2.45) is 5.84 Å². The first-order valence-electron chi connectivity index (χ1n) is 6.75. The third-order valence-electron chi connectivity index (χ3n) is 3.15. The normalized spacial score (nSPS) is 14.3. The molecule has 0 spiro atoms. The Hall–Kier alpha value is -1.73. The first kappa shape index (κ1) is 13.3. The van der Waals surface area contributed by atoms with E-state index in [2.05, 4.69) is 31.1 Å². The van der Waals surface area contributed by atoms with Crippen molar-refractivity contribution < 1.29 is 0 Å². The van der Waals surface area contributed by atoms with Crippen molar-refractivity contribution in [3.05, 3.63) is 28.0 Å². The Labute approximate surface area is 121 Å². The number of hydrogen-bond acceptors (Lipinski definition) is 7. The van der Waals surface area contributed by atoms with Crippen LogP contribution in [0.15, 0.2) is 11.4 Å². The zero-order chi connectivity index (χ0) is 13.9. The molecular formula is C13H18N6S. The van der Waals surface area contributed by atoms with Crippen molar-refractivity contribution in [3.8, 4) is 0 Å². The average Bonchev–Trinajstić information content (AvgIpc) is 3.22. The fraction of sp³-hybridized carbons (Fsp3) is 0.462. The highest BCUT2D eigenvalue weighted by atomic mass is 32.1. The van der Waals surface area contributed by atoms with Crippen LogP contribution in [0.25, 0.3) is 0 Å². The van der Waals surface area contributed by atoms with Crippen LogP contribution in [0.5, 0.6) is 0 Å². The lowest BCUT2D eigenvalue weighted by Gasteiger charge is -2.08. The quantitative estimate of drug-likeness (QED) is 0.557. The highest BCUT2D eigenvalue weighted by Gasteiger charge is 2.27. The summed E-state index contributed by atoms with van der Waals surface area (Å²) < 4.78 is 0. The van der Waals surface area contributed by atoms with Crippen molar-refractivity contribution in [1.82, 2.24) is 15.0 Å². The molecule has 1 saturated carbocycles. The molecule has 0 saturated heterocycles. The molecule has 0 bridgehead atoms. The Morgan fingerprint density at radius 1 is 1.30 bits per heavy atom. The van der Waals surface area contributed by atoms with Gasteiger partial charge in [0.05, 0.1) is 5.01 Å². The van der Waals surface area contributed by atoms with Gasteiger partial charge in [0.15, 0.2) is 0 Å². The molecule has 2 aromatic rings. The minimum atomic E-state index is 0.505. The molecule has 1 aliphatic carbocycles. The molecule has 0 atom stereocenters. The maximum Gasteiger partial charge on any atom is 0.145 e. The Balaban J connectivity index is 1.62. The zero-order valence-electron chi connectivity index (χ0n) is 11.4. The first-order valence-corrected chi connectivity index (χ1v) is 7.63. The minimum Gasteiger partial charge on any atom is -0.369 e. The molecule has 0 amide bonds. The largest absolute Gasteiger partial charge is 0.369 e. The van der Waals surface area contributed by atoms with E-state index in [4.69, 9.17) is 5.84 Å². The lowest BCUT2D eigenvalue weighted by atomic mass is 10.3. The number of nitrogens with two attached hydrogens (primary N) is 1. The van der Waals surface area contributed by atoms with Gasteiger partial charge in [-0.1, -0.05) is 0 Å². The lowest BCUT2D eigenvalue weighted by Crippen LogP contribution is -2.13. The zero-order valence-corrected chi connectivity index (χ0v) is 12.2. The molecule has 0 aliphatic heterocycles. The third-order valence-corrected chi connectivity index (χ3v) is 4.17. The average molecular weight is 290 g/mol. The number of aryl methyl sites for hydroxylation is 1. The molecule has 0 unspecified atom stereocenters. The van der Waals surface area contributed by atoms with Crippen LogP contribution in [0.2, 0.25) is 0 Å². The van der Waals surface area contributed by atoms with Gasteiger partial charge >= 0.3 is 0 Å². The van der Waals surface area contributed by atoms with E-state index in [0.717, 1.165) is 35.3 Å². The Kier molecular flexibility index (Phi) is 3.79. The molecule has 20 heavy (non-hydrogen) atoms. The molecule has 2 aromatic heterocycles. The molecule has 6 nitrogen and oxygen atoms in total. The fourth-order valence-electron chi connectivity index (χ4n) is 1.97. The fourth-order valence-corrected chi connectivity index (χ4v) is 2.75. The highest BCUT2D eigenvalue weighted by Crippen LogP contribution is 2.38. The standard InChI is InChI=1S/C13H18N6S/c1-8-7-20-12(16-8)4-5-15-10-6-11(19-14)18-13(17-10)9-2-3-9/h6-7,9H,2-5,14H2,1H3,(H2,15,17,18,19). The number of hydrogen-bond donors (Lipinski definition) is 3. The van der Waals surface area contributed by atoms with E-state index in [1.54, 1.807) is 11.3 Å². The Bertz CT molecular complexity index is 592. The number of thiazole rings is 1. The number of nitrogens with zero attached hydrogens (tertiary/aromatic N) is 3. The molecule has 0 radical (unpaired) electrons. The topological polar surface area (TPSA) is 88.8 Å². The Morgan fingerprint density at radius 2 is 2.10 bits per heavy atom. The van der Waals surface area contributed by atoms with Gasteiger partial charge in [-0.05, 0) is 19.8 Å². The van der Waals surface area contributed by atoms with Gasteiger partial charge in [0.25, 0.3) is 0 Å². The molecule has 0 aromatic carbocycles. The summed E-state index contributed by atoms with van der Waals surface area (Å²) in [7, 11) is 0. The van der Waals surface area contributed by atoms with E-state index in [0.29, 0.717) is 11.7 Å². The predicted molar refractivity (Wildman–Crippen MR) is 80.9 cm³/mol. The molecule has 1 fully saturated rings. The van der Waals surface area contributed by atoms with Gasteiger partial charge in [-0.15, -0.1) is 11.3 Å². The van der Waals surface area contributed by atoms with E-state index in [1.165, 1.54) is 12.8 Å². The summed E-state index contributed by atoms with van der Waals surface area (Å²) in [4.78, 5) is 13.4. The van der Waals surface area contributed by atoms with Crippen LogP contribution in [0.3, 0.4) is 0 Å². The van der Waals surface area contributed by atoms with Crippen molar-refractivity contribution >= 4 is 23.0 Å². The van der Waals surface area contributed by atoms with Crippen molar-refractivity contribution in [2.45, 2.75) is 32.1 Å². The monoisotopic (exact) mass is 290 g/mol. The second-order valence-electron chi connectivity index (χ2n) is 4.97. The molecule has 1 aliphatic rings. The van der Waals surface area contributed by atoms with E-state index in [-0.39, 0.29) is 0 Å². The van der Waals surface area contributed by atoms with Crippen molar-refractivity contribution in [3.63, 3.8) is 0 Å². The molecular weight excluding hydrogens is 272 g/mol. The molecule has 7 heteroatoms. The second-order valence-corrected chi connectivity index (χ2v) is 5.92. The number of anilines is 2. The van der Waals surface area contributed by atoms with Crippen LogP contribution < -0.4 is 16.6 Å². The smallest absolute Gasteiger partial charge is 0.145 e. The van der Waals surface area contributed by atoms with E-state index in [1.807, 2.05) is 13.0 Å². The maximum atomic E-state index is 5.45. The van der Waals surface area contributed by atoms with Crippen LogP contribution >= 0.6 is 11.3 Å². The van der Waals surface area contributed by atoms with Crippen molar-refractivity contribution in [1.29, 1.82) is 0 Å². The summed E-state index contributed by atoms with van der Waals surface area (Å²) in [6.45, 7) is 2.82. The van der Waals surface area contributed by atoms with Crippen LogP contribution in [-0.2, 0) is 6.42 Å². The first-order chi connectivity index (χ1) is 9.74. The van der Waals surface area contributed by atoms with Crippen molar-refractivity contribution in [2.75, 3.05) is 17.3 Å². The van der Waals surface area contributed by atoms with Gasteiger partial charge in [-0.2, -0.15) is 0 Å². The summed E-state index contributed by atoms with van der Waals surface area (Å²) >= 11 is 1.69. The Morgan fingerprint density at radius 3 is 2.75 bits per heavy atom. The van der Waals surface area contributed by atoms with Gasteiger partial charge in [0.2, 0.25) is 0 Å². The van der Waals surface area contributed by atoms with Gasteiger partial charge in [0, 0.05) is 36.0 Å². The number of rotatable bonds is 6. The number of hydrazine groups is 1. The SMILES string of the molecule is Cc1csc(CCNc2cc(NN)nc(C3CC3)n2)n1. The number of nitrogens with one attached hydrogen (secondary N) is 2. The van der Waals surface area contributed by atoms with Gasteiger partial charge in [-0.25, -0.2) is 20.8 Å². The maximum absolute atomic E-state index is 5.45. The minimum absolute atomic E-state index is 0.505. The van der Waals surface area contributed by atoms with Crippen LogP contribution in [0.1, 0.15) is 35.3 Å². The molecule has 4 N–H and O–H groups in total. The van der Waals surface area contributed by atoms with Gasteiger partial charge < -0.3 is 10.7 Å². The number of aromatic nitrogens is 3. The number of nitrogen functional groups attached to an aromatic ring is 1. The summed E-state index contributed by atoms with van der Waals surface area (Å²) in [5, 5.41) is 6.53. The van der Waals surface area contributed by atoms with Gasteiger partial charge in [0.1, 0.15) is 17.5 Å². The predicted octanol–water partition coefficient (Wildman–Crippen LogP) is 2.06. The highest BCUT2D eigenvalue weighted by molar-refractivity contribution is 7.09. The van der Waals surface area contributed by atoms with Crippen LogP contribution in [-0.4, -0.2) is 21.5 Å². The van der Waals surface area contributed by atoms with E-state index in [9.17, 15) is 0 Å².